The van der Waals surface area contributed by atoms with Crippen molar-refractivity contribution in [3.63, 3.8) is 0 Å². The van der Waals surface area contributed by atoms with Gasteiger partial charge in [-0.2, -0.15) is 0 Å². The fourth-order valence-electron chi connectivity index (χ4n) is 1.98. The highest BCUT2D eigenvalue weighted by Crippen LogP contribution is 2.12. The normalized spacial score (nSPS) is 12.4. The Morgan fingerprint density at radius 2 is 1.79 bits per heavy atom. The number of Topliss-reactive ketones (excluding diaryl/α,β-unsaturated/α-hetero) is 1. The van der Waals surface area contributed by atoms with Gasteiger partial charge in [0.2, 0.25) is 0 Å². The lowest BCUT2D eigenvalue weighted by atomic mass is 9.97. The number of rotatable bonds is 7. The minimum absolute atomic E-state index is 0.180. The molecule has 0 aliphatic rings. The van der Waals surface area contributed by atoms with Gasteiger partial charge in [-0.25, -0.2) is 0 Å². The van der Waals surface area contributed by atoms with E-state index in [0.29, 0.717) is 11.5 Å². The average Bonchev–Trinajstić information content (AvgIpc) is 2.35. The quantitative estimate of drug-likeness (QED) is 0.740. The Labute approximate surface area is 113 Å². The monoisotopic (exact) mass is 263 g/mol. The molecule has 1 aromatic carbocycles. The van der Waals surface area contributed by atoms with E-state index in [-0.39, 0.29) is 12.2 Å². The first kappa shape index (κ1) is 15.4. The summed E-state index contributed by atoms with van der Waals surface area (Å²) in [6.07, 6.45) is 0.766. The number of aliphatic carboxylic acids is 1. The van der Waals surface area contributed by atoms with E-state index in [4.69, 9.17) is 5.11 Å². The lowest BCUT2D eigenvalue weighted by Crippen LogP contribution is -2.36. The number of hydrogen-bond acceptors (Lipinski definition) is 3. The van der Waals surface area contributed by atoms with Crippen molar-refractivity contribution in [1.82, 2.24) is 5.32 Å². The predicted molar refractivity (Wildman–Crippen MR) is 74.4 cm³/mol. The van der Waals surface area contributed by atoms with Gasteiger partial charge in [0.05, 0.1) is 12.5 Å². The van der Waals surface area contributed by atoms with E-state index in [1.54, 1.807) is 19.2 Å². The molecule has 1 atom stereocenters. The molecule has 0 saturated heterocycles. The largest absolute Gasteiger partial charge is 0.481 e. The van der Waals surface area contributed by atoms with Gasteiger partial charge in [0, 0.05) is 5.56 Å². The van der Waals surface area contributed by atoms with Crippen LogP contribution in [0.2, 0.25) is 0 Å². The van der Waals surface area contributed by atoms with E-state index in [1.165, 1.54) is 5.56 Å². The molecule has 4 heteroatoms. The second-order valence-electron chi connectivity index (χ2n) is 5.10. The van der Waals surface area contributed by atoms with Gasteiger partial charge in [-0.15, -0.1) is 0 Å². The first-order valence-corrected chi connectivity index (χ1v) is 6.46. The van der Waals surface area contributed by atoms with Crippen LogP contribution in [0.25, 0.3) is 0 Å². The molecule has 1 unspecified atom stereocenters. The Morgan fingerprint density at radius 3 is 2.21 bits per heavy atom. The van der Waals surface area contributed by atoms with Gasteiger partial charge in [0.1, 0.15) is 0 Å². The van der Waals surface area contributed by atoms with Crippen LogP contribution in [-0.4, -0.2) is 29.9 Å². The van der Waals surface area contributed by atoms with Crippen LogP contribution >= 0.6 is 0 Å². The molecule has 1 rings (SSSR count). The first-order chi connectivity index (χ1) is 8.93. The molecule has 0 bridgehead atoms. The lowest BCUT2D eigenvalue weighted by molar-refractivity contribution is -0.137. The molecule has 0 radical (unpaired) electrons. The molecule has 0 amide bonds. The third-order valence-electron chi connectivity index (χ3n) is 2.93. The Kier molecular flexibility index (Phi) is 5.70. The van der Waals surface area contributed by atoms with Crippen molar-refractivity contribution < 1.29 is 14.7 Å². The van der Waals surface area contributed by atoms with Gasteiger partial charge in [0.15, 0.2) is 5.78 Å². The lowest BCUT2D eigenvalue weighted by Gasteiger charge is -2.13. The van der Waals surface area contributed by atoms with E-state index >= 15 is 0 Å². The van der Waals surface area contributed by atoms with Crippen molar-refractivity contribution in [2.75, 3.05) is 7.05 Å². The molecule has 0 saturated carbocycles. The van der Waals surface area contributed by atoms with Crippen molar-refractivity contribution in [3.8, 4) is 0 Å². The maximum Gasteiger partial charge on any atom is 0.305 e. The van der Waals surface area contributed by atoms with Crippen LogP contribution in [0.1, 0.15) is 36.2 Å². The molecule has 2 N–H and O–H groups in total. The number of carbonyl (C=O) groups excluding carboxylic acids is 1. The van der Waals surface area contributed by atoms with Gasteiger partial charge >= 0.3 is 5.97 Å². The molecule has 104 valence electrons. The molecule has 0 aliphatic carbocycles. The summed E-state index contributed by atoms with van der Waals surface area (Å²) in [5.41, 5.74) is 1.74. The maximum absolute atomic E-state index is 12.1. The molecule has 0 aliphatic heterocycles. The molecule has 4 nitrogen and oxygen atoms in total. The summed E-state index contributed by atoms with van der Waals surface area (Å²) in [5, 5.41) is 11.5. The van der Waals surface area contributed by atoms with Crippen LogP contribution in [0.5, 0.6) is 0 Å². The summed E-state index contributed by atoms with van der Waals surface area (Å²) >= 11 is 0. The average molecular weight is 263 g/mol. The fraction of sp³-hybridized carbons (Fsp3) is 0.467. The molecule has 1 aromatic rings. The molecule has 19 heavy (non-hydrogen) atoms. The molecule has 0 spiro atoms. The number of carboxylic acid groups (broad SMARTS) is 1. The summed E-state index contributed by atoms with van der Waals surface area (Å²) in [4.78, 5) is 22.8. The summed E-state index contributed by atoms with van der Waals surface area (Å²) in [5.74, 6) is -0.594. The molecule has 0 aromatic heterocycles. The van der Waals surface area contributed by atoms with Gasteiger partial charge in [-0.1, -0.05) is 38.1 Å². The number of ketones is 1. The zero-order valence-electron chi connectivity index (χ0n) is 11.6. The Morgan fingerprint density at radius 1 is 1.21 bits per heavy atom. The molecular weight excluding hydrogens is 242 g/mol. The predicted octanol–water partition coefficient (Wildman–Crippen LogP) is 2.13. The van der Waals surface area contributed by atoms with Crippen molar-refractivity contribution >= 4 is 11.8 Å². The Balaban J connectivity index is 2.78. The molecular formula is C15H21NO3. The van der Waals surface area contributed by atoms with Gasteiger partial charge < -0.3 is 10.4 Å². The summed E-state index contributed by atoms with van der Waals surface area (Å²) in [6.45, 7) is 4.28. The molecule has 0 fully saturated rings. The number of carbonyl (C=O) groups is 2. The van der Waals surface area contributed by atoms with Crippen molar-refractivity contribution in [1.29, 1.82) is 0 Å². The fourth-order valence-corrected chi connectivity index (χ4v) is 1.98. The zero-order chi connectivity index (χ0) is 14.4. The van der Waals surface area contributed by atoms with Crippen molar-refractivity contribution in [3.05, 3.63) is 35.4 Å². The minimum atomic E-state index is -0.982. The third kappa shape index (κ3) is 4.83. The van der Waals surface area contributed by atoms with E-state index in [0.717, 1.165) is 6.42 Å². The second-order valence-corrected chi connectivity index (χ2v) is 5.10. The summed E-state index contributed by atoms with van der Waals surface area (Å²) in [7, 11) is 1.60. The minimum Gasteiger partial charge on any atom is -0.481 e. The van der Waals surface area contributed by atoms with Crippen LogP contribution in [0, 0.1) is 5.92 Å². The van der Waals surface area contributed by atoms with Crippen molar-refractivity contribution in [2.45, 2.75) is 32.7 Å². The van der Waals surface area contributed by atoms with Gasteiger partial charge in [-0.3, -0.25) is 9.59 Å². The number of hydrogen-bond donors (Lipinski definition) is 2. The standard InChI is InChI=1S/C15H21NO3/c1-10(2)8-11-4-6-12(7-5-11)15(19)13(16-3)9-14(17)18/h4-7,10,13,16H,8-9H2,1-3H3,(H,17,18). The van der Waals surface area contributed by atoms with Crippen LogP contribution in [-0.2, 0) is 11.2 Å². The molecule has 0 heterocycles. The SMILES string of the molecule is CNC(CC(=O)O)C(=O)c1ccc(CC(C)C)cc1. The van der Waals surface area contributed by atoms with Crippen LogP contribution in [0.3, 0.4) is 0 Å². The summed E-state index contributed by atoms with van der Waals surface area (Å²) in [6, 6.07) is 6.73. The Hall–Kier alpha value is -1.68. The second kappa shape index (κ2) is 7.04. The number of nitrogens with one attached hydrogen (secondary N) is 1. The number of carboxylic acids is 1. The summed E-state index contributed by atoms with van der Waals surface area (Å²) < 4.78 is 0. The van der Waals surface area contributed by atoms with Crippen LogP contribution in [0.4, 0.5) is 0 Å². The number of benzene rings is 1. The Bertz CT molecular complexity index is 437. The highest BCUT2D eigenvalue weighted by Gasteiger charge is 2.20. The van der Waals surface area contributed by atoms with Crippen molar-refractivity contribution in [2.24, 2.45) is 5.92 Å². The van der Waals surface area contributed by atoms with E-state index in [2.05, 4.69) is 19.2 Å². The highest BCUT2D eigenvalue weighted by molar-refractivity contribution is 6.01. The first-order valence-electron chi connectivity index (χ1n) is 6.46. The van der Waals surface area contributed by atoms with Crippen LogP contribution in [0.15, 0.2) is 24.3 Å². The van der Waals surface area contributed by atoms with Gasteiger partial charge in [0.25, 0.3) is 0 Å². The van der Waals surface area contributed by atoms with E-state index < -0.39 is 12.0 Å². The maximum atomic E-state index is 12.1. The number of likely N-dealkylation sites (N-methyl/N-ethyl adjacent to an activating group) is 1. The van der Waals surface area contributed by atoms with Gasteiger partial charge in [-0.05, 0) is 24.9 Å². The zero-order valence-corrected chi connectivity index (χ0v) is 11.6. The smallest absolute Gasteiger partial charge is 0.305 e. The highest BCUT2D eigenvalue weighted by atomic mass is 16.4. The van der Waals surface area contributed by atoms with E-state index in [9.17, 15) is 9.59 Å². The topological polar surface area (TPSA) is 66.4 Å². The van der Waals surface area contributed by atoms with E-state index in [1.807, 2.05) is 12.1 Å². The third-order valence-corrected chi connectivity index (χ3v) is 2.93. The van der Waals surface area contributed by atoms with Crippen LogP contribution < -0.4 is 5.32 Å².